The number of aromatic nitrogens is 3. The fraction of sp³-hybridized carbons (Fsp3) is 0.500. The van der Waals surface area contributed by atoms with Gasteiger partial charge in [0.15, 0.2) is 0 Å². The summed E-state index contributed by atoms with van der Waals surface area (Å²) in [6, 6.07) is 5.65. The molecule has 4 rings (SSSR count). The van der Waals surface area contributed by atoms with Crippen LogP contribution >= 0.6 is 11.6 Å². The van der Waals surface area contributed by atoms with E-state index >= 15 is 0 Å². The van der Waals surface area contributed by atoms with E-state index in [1.54, 1.807) is 9.47 Å². The van der Waals surface area contributed by atoms with Gasteiger partial charge in [0.2, 0.25) is 5.91 Å². The summed E-state index contributed by atoms with van der Waals surface area (Å²) in [6.07, 6.45) is 5.72. The van der Waals surface area contributed by atoms with Gasteiger partial charge in [0, 0.05) is 30.2 Å². The highest BCUT2D eigenvalue weighted by atomic mass is 35.5. The number of carbonyl (C=O) groups is 1. The molecule has 0 atom stereocenters. The van der Waals surface area contributed by atoms with Gasteiger partial charge in [-0.3, -0.25) is 9.36 Å². The summed E-state index contributed by atoms with van der Waals surface area (Å²) in [5.74, 6) is 0.704. The van der Waals surface area contributed by atoms with E-state index in [-0.39, 0.29) is 18.1 Å². The number of hydrogen-bond donors (Lipinski definition) is 0. The third-order valence-electron chi connectivity index (χ3n) is 5.03. The lowest BCUT2D eigenvalue weighted by Crippen LogP contribution is -2.38. The lowest BCUT2D eigenvalue weighted by atomic mass is 10.1. The largest absolute Gasteiger partial charge is 0.346 e. The molecule has 132 valence electrons. The molecule has 0 unspecified atom stereocenters. The minimum atomic E-state index is -0.172. The van der Waals surface area contributed by atoms with Gasteiger partial charge in [0.1, 0.15) is 12.4 Å². The van der Waals surface area contributed by atoms with Crippen LogP contribution in [0.4, 0.5) is 5.69 Å². The second-order valence-electron chi connectivity index (χ2n) is 6.74. The molecule has 0 fully saturated rings. The molecule has 1 aromatic heterocycles. The Morgan fingerprint density at radius 2 is 1.92 bits per heavy atom. The molecule has 0 radical (unpaired) electrons. The smallest absolute Gasteiger partial charge is 0.311 e. The Labute approximate surface area is 151 Å². The van der Waals surface area contributed by atoms with Crippen LogP contribution in [0.25, 0.3) is 0 Å². The monoisotopic (exact) mass is 360 g/mol. The van der Waals surface area contributed by atoms with Crippen molar-refractivity contribution < 1.29 is 4.79 Å². The topological polar surface area (TPSA) is 60.1 Å². The number of anilines is 1. The summed E-state index contributed by atoms with van der Waals surface area (Å²) in [7, 11) is 0. The van der Waals surface area contributed by atoms with Gasteiger partial charge in [-0.2, -0.15) is 5.10 Å². The molecule has 6 nitrogen and oxygen atoms in total. The molecule has 0 aliphatic carbocycles. The van der Waals surface area contributed by atoms with Crippen molar-refractivity contribution in [3.63, 3.8) is 0 Å². The molecule has 0 spiro atoms. The van der Waals surface area contributed by atoms with Crippen LogP contribution in [0.15, 0.2) is 23.0 Å². The highest BCUT2D eigenvalue weighted by Gasteiger charge is 2.24. The van der Waals surface area contributed by atoms with Crippen molar-refractivity contribution in [1.29, 1.82) is 0 Å². The molecule has 7 heteroatoms. The molecule has 0 N–H and O–H groups in total. The molecule has 1 amide bonds. The number of benzene rings is 1. The molecular weight excluding hydrogens is 340 g/mol. The molecule has 0 saturated carbocycles. The second kappa shape index (κ2) is 6.67. The van der Waals surface area contributed by atoms with E-state index in [4.69, 9.17) is 11.6 Å². The zero-order valence-corrected chi connectivity index (χ0v) is 14.8. The lowest BCUT2D eigenvalue weighted by molar-refractivity contribution is -0.119. The minimum absolute atomic E-state index is 0.0130. The predicted molar refractivity (Wildman–Crippen MR) is 96.2 cm³/mol. The molecule has 3 heterocycles. The number of halogens is 1. The standard InChI is InChI=1S/C18H21ClN4O2/c19-14-7-8-15-13(11-14)5-1-3-9-21(15)17(24)12-23-18(25)22-10-4-2-6-16(22)20-23/h7-8,11H,1-6,9-10,12H2. The Kier molecular flexibility index (Phi) is 4.37. The number of carbonyl (C=O) groups excluding carboxylic acids is 1. The third kappa shape index (κ3) is 3.11. The summed E-state index contributed by atoms with van der Waals surface area (Å²) in [5.41, 5.74) is 1.83. The van der Waals surface area contributed by atoms with Crippen LogP contribution in [0.5, 0.6) is 0 Å². The summed E-state index contributed by atoms with van der Waals surface area (Å²) < 4.78 is 3.02. The van der Waals surface area contributed by atoms with E-state index in [1.807, 2.05) is 18.2 Å². The van der Waals surface area contributed by atoms with E-state index in [0.29, 0.717) is 18.1 Å². The van der Waals surface area contributed by atoms with Crippen molar-refractivity contribution >= 4 is 23.2 Å². The van der Waals surface area contributed by atoms with Gasteiger partial charge in [-0.15, -0.1) is 0 Å². The maximum Gasteiger partial charge on any atom is 0.346 e. The number of aryl methyl sites for hydroxylation is 2. The third-order valence-corrected chi connectivity index (χ3v) is 5.26. The zero-order valence-electron chi connectivity index (χ0n) is 14.1. The van der Waals surface area contributed by atoms with E-state index in [2.05, 4.69) is 5.10 Å². The fourth-order valence-electron chi connectivity index (χ4n) is 3.75. The molecule has 2 aromatic rings. The van der Waals surface area contributed by atoms with Crippen LogP contribution in [0.3, 0.4) is 0 Å². The number of amides is 1. The average Bonchev–Trinajstić information content (AvgIpc) is 2.79. The van der Waals surface area contributed by atoms with Crippen LogP contribution in [0, 0.1) is 0 Å². The maximum atomic E-state index is 12.9. The number of fused-ring (bicyclic) bond motifs is 2. The van der Waals surface area contributed by atoms with Crippen molar-refractivity contribution in [3.05, 3.63) is 45.1 Å². The van der Waals surface area contributed by atoms with E-state index in [9.17, 15) is 9.59 Å². The zero-order chi connectivity index (χ0) is 17.4. The van der Waals surface area contributed by atoms with Crippen LogP contribution in [-0.2, 0) is 30.7 Å². The summed E-state index contributed by atoms with van der Waals surface area (Å²) in [5, 5.41) is 5.06. The Hall–Kier alpha value is -2.08. The second-order valence-corrected chi connectivity index (χ2v) is 7.18. The van der Waals surface area contributed by atoms with E-state index in [1.165, 1.54) is 4.68 Å². The van der Waals surface area contributed by atoms with Crippen LogP contribution in [-0.4, -0.2) is 26.8 Å². The van der Waals surface area contributed by atoms with Crippen molar-refractivity contribution in [1.82, 2.24) is 14.3 Å². The quantitative estimate of drug-likeness (QED) is 0.826. The van der Waals surface area contributed by atoms with Gasteiger partial charge in [0.25, 0.3) is 0 Å². The number of rotatable bonds is 2. The first kappa shape index (κ1) is 16.4. The molecule has 0 saturated heterocycles. The van der Waals surface area contributed by atoms with Crippen molar-refractivity contribution in [2.45, 2.75) is 51.6 Å². The average molecular weight is 361 g/mol. The van der Waals surface area contributed by atoms with Gasteiger partial charge in [-0.25, -0.2) is 9.48 Å². The summed E-state index contributed by atoms with van der Waals surface area (Å²) >= 11 is 6.10. The van der Waals surface area contributed by atoms with Crippen molar-refractivity contribution in [2.24, 2.45) is 0 Å². The predicted octanol–water partition coefficient (Wildman–Crippen LogP) is 2.40. The molecular formula is C18H21ClN4O2. The molecule has 25 heavy (non-hydrogen) atoms. The highest BCUT2D eigenvalue weighted by molar-refractivity contribution is 6.30. The lowest BCUT2D eigenvalue weighted by Gasteiger charge is -2.23. The first-order valence-corrected chi connectivity index (χ1v) is 9.26. The van der Waals surface area contributed by atoms with Gasteiger partial charge in [-0.05, 0) is 55.9 Å². The van der Waals surface area contributed by atoms with Gasteiger partial charge in [-0.1, -0.05) is 11.6 Å². The SMILES string of the molecule is O=C(Cn1nc2n(c1=O)CCCC2)N1CCCCc2cc(Cl)ccc21. The first-order valence-electron chi connectivity index (χ1n) is 8.89. The highest BCUT2D eigenvalue weighted by Crippen LogP contribution is 2.29. The van der Waals surface area contributed by atoms with Crippen LogP contribution < -0.4 is 10.6 Å². The Morgan fingerprint density at radius 1 is 1.12 bits per heavy atom. The molecule has 1 aromatic carbocycles. The minimum Gasteiger partial charge on any atom is -0.311 e. The van der Waals surface area contributed by atoms with Crippen molar-refractivity contribution in [3.8, 4) is 0 Å². The molecule has 0 bridgehead atoms. The van der Waals surface area contributed by atoms with Crippen LogP contribution in [0.2, 0.25) is 5.02 Å². The Morgan fingerprint density at radius 3 is 2.76 bits per heavy atom. The maximum absolute atomic E-state index is 12.9. The Balaban J connectivity index is 1.62. The van der Waals surface area contributed by atoms with E-state index < -0.39 is 0 Å². The summed E-state index contributed by atoms with van der Waals surface area (Å²) in [4.78, 5) is 27.2. The van der Waals surface area contributed by atoms with Crippen LogP contribution in [0.1, 0.15) is 37.1 Å². The number of nitrogens with zero attached hydrogens (tertiary/aromatic N) is 4. The van der Waals surface area contributed by atoms with E-state index in [0.717, 1.165) is 55.6 Å². The fourth-order valence-corrected chi connectivity index (χ4v) is 3.94. The number of hydrogen-bond acceptors (Lipinski definition) is 3. The summed E-state index contributed by atoms with van der Waals surface area (Å²) in [6.45, 7) is 1.35. The van der Waals surface area contributed by atoms with Gasteiger partial charge in [0.05, 0.1) is 0 Å². The molecule has 2 aliphatic rings. The normalized spacial score (nSPS) is 16.9. The van der Waals surface area contributed by atoms with Gasteiger partial charge < -0.3 is 4.90 Å². The Bertz CT molecular complexity index is 870. The van der Waals surface area contributed by atoms with Crippen molar-refractivity contribution in [2.75, 3.05) is 11.4 Å². The molecule has 2 aliphatic heterocycles. The first-order chi connectivity index (χ1) is 12.1. The van der Waals surface area contributed by atoms with Gasteiger partial charge >= 0.3 is 5.69 Å².